The van der Waals surface area contributed by atoms with Crippen LogP contribution in [0, 0.1) is 0 Å². The summed E-state index contributed by atoms with van der Waals surface area (Å²) in [7, 11) is 0. The lowest BCUT2D eigenvalue weighted by Gasteiger charge is -2.14. The van der Waals surface area contributed by atoms with Gasteiger partial charge in [0.1, 0.15) is 0 Å². The molecule has 0 spiro atoms. The maximum absolute atomic E-state index is 10.1. The van der Waals surface area contributed by atoms with Gasteiger partial charge in [0.15, 0.2) is 0 Å². The normalized spacial score (nSPS) is 9.67. The molecule has 0 aromatic heterocycles. The Kier molecular flexibility index (Phi) is 5.43. The number of hydrogen-bond acceptors (Lipinski definition) is 2. The van der Waals surface area contributed by atoms with E-state index in [0.29, 0.717) is 13.1 Å². The molecule has 0 heterocycles. The fourth-order valence-corrected chi connectivity index (χ4v) is 0.697. The van der Waals surface area contributed by atoms with Crippen molar-refractivity contribution < 1.29 is 9.90 Å². The van der Waals surface area contributed by atoms with E-state index in [1.54, 1.807) is 17.1 Å². The van der Waals surface area contributed by atoms with E-state index >= 15 is 0 Å². The van der Waals surface area contributed by atoms with E-state index in [0.717, 1.165) is 6.08 Å². The van der Waals surface area contributed by atoms with Crippen LogP contribution in [0.1, 0.15) is 0 Å². The minimum Gasteiger partial charge on any atom is -0.478 e. The van der Waals surface area contributed by atoms with Gasteiger partial charge in [-0.3, -0.25) is 0 Å². The van der Waals surface area contributed by atoms with E-state index in [1.165, 1.54) is 6.20 Å². The van der Waals surface area contributed by atoms with E-state index in [4.69, 9.17) is 5.11 Å². The second-order valence-corrected chi connectivity index (χ2v) is 2.19. The molecule has 0 amide bonds. The highest BCUT2D eigenvalue weighted by atomic mass is 16.4. The van der Waals surface area contributed by atoms with Crippen molar-refractivity contribution in [1.82, 2.24) is 4.90 Å². The second kappa shape index (κ2) is 6.22. The van der Waals surface area contributed by atoms with Gasteiger partial charge in [-0.15, -0.1) is 13.2 Å². The van der Waals surface area contributed by atoms with Gasteiger partial charge >= 0.3 is 5.97 Å². The molecule has 12 heavy (non-hydrogen) atoms. The lowest BCUT2D eigenvalue weighted by atomic mass is 10.4. The zero-order chi connectivity index (χ0) is 9.40. The molecule has 0 atom stereocenters. The fraction of sp³-hybridized carbons (Fsp3) is 0.222. The molecule has 0 aliphatic heterocycles. The summed E-state index contributed by atoms with van der Waals surface area (Å²) in [5, 5.41) is 8.33. The van der Waals surface area contributed by atoms with Crippen LogP contribution in [0.3, 0.4) is 0 Å². The SMILES string of the molecule is C=CCN(C=CC(=O)O)CC=C. The summed E-state index contributed by atoms with van der Waals surface area (Å²) in [5.74, 6) is -0.951. The first-order chi connectivity index (χ1) is 5.70. The number of carbonyl (C=O) groups is 1. The van der Waals surface area contributed by atoms with Crippen molar-refractivity contribution in [2.75, 3.05) is 13.1 Å². The van der Waals surface area contributed by atoms with Gasteiger partial charge < -0.3 is 10.0 Å². The van der Waals surface area contributed by atoms with Crippen molar-refractivity contribution in [2.45, 2.75) is 0 Å². The standard InChI is InChI=1S/C9H13NO2/c1-3-6-10(7-4-2)8-5-9(11)12/h3-5,8H,1-2,6-7H2,(H,11,12). The molecule has 3 heteroatoms. The molecule has 0 bridgehead atoms. The number of hydrogen-bond donors (Lipinski definition) is 1. The predicted octanol–water partition coefficient (Wildman–Crippen LogP) is 1.26. The lowest BCUT2D eigenvalue weighted by Crippen LogP contribution is -2.17. The van der Waals surface area contributed by atoms with Crippen molar-refractivity contribution >= 4 is 5.97 Å². The molecule has 0 saturated heterocycles. The summed E-state index contributed by atoms with van der Waals surface area (Å²) in [5.41, 5.74) is 0. The Balaban J connectivity index is 4.00. The van der Waals surface area contributed by atoms with Crippen molar-refractivity contribution in [2.24, 2.45) is 0 Å². The quantitative estimate of drug-likeness (QED) is 0.478. The summed E-state index contributed by atoms with van der Waals surface area (Å²) in [6.07, 6.45) is 6.00. The fourth-order valence-electron chi connectivity index (χ4n) is 0.697. The summed E-state index contributed by atoms with van der Waals surface area (Å²) in [4.78, 5) is 11.9. The van der Waals surface area contributed by atoms with Crippen LogP contribution in [0.2, 0.25) is 0 Å². The van der Waals surface area contributed by atoms with Crippen molar-refractivity contribution in [3.05, 3.63) is 37.6 Å². The molecule has 0 fully saturated rings. The van der Waals surface area contributed by atoms with E-state index in [1.807, 2.05) is 0 Å². The highest BCUT2D eigenvalue weighted by molar-refractivity contribution is 5.79. The zero-order valence-electron chi connectivity index (χ0n) is 6.94. The topological polar surface area (TPSA) is 40.5 Å². The van der Waals surface area contributed by atoms with Crippen molar-refractivity contribution in [1.29, 1.82) is 0 Å². The summed E-state index contributed by atoms with van der Waals surface area (Å²) in [6.45, 7) is 8.35. The van der Waals surface area contributed by atoms with Gasteiger partial charge in [-0.05, 0) is 0 Å². The van der Waals surface area contributed by atoms with Crippen LogP contribution in [0.25, 0.3) is 0 Å². The van der Waals surface area contributed by atoms with Gasteiger partial charge in [-0.25, -0.2) is 4.79 Å². The van der Waals surface area contributed by atoms with Gasteiger partial charge in [0.2, 0.25) is 0 Å². The van der Waals surface area contributed by atoms with Gasteiger partial charge in [0, 0.05) is 25.4 Å². The van der Waals surface area contributed by atoms with Crippen molar-refractivity contribution in [3.63, 3.8) is 0 Å². The molecular weight excluding hydrogens is 154 g/mol. The number of aliphatic carboxylic acids is 1. The maximum Gasteiger partial charge on any atom is 0.329 e. The molecule has 0 rings (SSSR count). The Morgan fingerprint density at radius 3 is 2.17 bits per heavy atom. The van der Waals surface area contributed by atoms with Gasteiger partial charge in [-0.1, -0.05) is 12.2 Å². The Bertz CT molecular complexity index is 187. The molecule has 0 saturated carbocycles. The number of rotatable bonds is 6. The van der Waals surface area contributed by atoms with Crippen LogP contribution in [-0.2, 0) is 4.79 Å². The minimum absolute atomic E-state index is 0.621. The van der Waals surface area contributed by atoms with Gasteiger partial charge in [-0.2, -0.15) is 0 Å². The summed E-state index contributed by atoms with van der Waals surface area (Å²) < 4.78 is 0. The molecule has 0 unspecified atom stereocenters. The molecule has 0 radical (unpaired) electrons. The van der Waals surface area contributed by atoms with Crippen LogP contribution < -0.4 is 0 Å². The van der Waals surface area contributed by atoms with Crippen LogP contribution in [-0.4, -0.2) is 29.1 Å². The maximum atomic E-state index is 10.1. The highest BCUT2D eigenvalue weighted by Crippen LogP contribution is 1.90. The number of carboxylic acid groups (broad SMARTS) is 1. The highest BCUT2D eigenvalue weighted by Gasteiger charge is 1.93. The third-order valence-electron chi connectivity index (χ3n) is 1.16. The zero-order valence-corrected chi connectivity index (χ0v) is 6.94. The van der Waals surface area contributed by atoms with E-state index < -0.39 is 5.97 Å². The van der Waals surface area contributed by atoms with Crippen LogP contribution in [0.4, 0.5) is 0 Å². The average Bonchev–Trinajstić information content (AvgIpc) is 2.01. The molecule has 0 aliphatic rings. The van der Waals surface area contributed by atoms with Crippen LogP contribution >= 0.6 is 0 Å². The largest absolute Gasteiger partial charge is 0.478 e. The van der Waals surface area contributed by atoms with E-state index in [-0.39, 0.29) is 0 Å². The van der Waals surface area contributed by atoms with Gasteiger partial charge in [0.25, 0.3) is 0 Å². The minimum atomic E-state index is -0.951. The molecule has 0 aromatic carbocycles. The molecule has 3 nitrogen and oxygen atoms in total. The molecule has 0 aliphatic carbocycles. The third-order valence-corrected chi connectivity index (χ3v) is 1.16. The van der Waals surface area contributed by atoms with Crippen LogP contribution in [0.15, 0.2) is 37.6 Å². The smallest absolute Gasteiger partial charge is 0.329 e. The number of carboxylic acids is 1. The molecule has 66 valence electrons. The summed E-state index contributed by atoms with van der Waals surface area (Å²) in [6, 6.07) is 0. The van der Waals surface area contributed by atoms with Crippen LogP contribution in [0.5, 0.6) is 0 Å². The van der Waals surface area contributed by atoms with E-state index in [9.17, 15) is 4.79 Å². The van der Waals surface area contributed by atoms with E-state index in [2.05, 4.69) is 13.2 Å². The Morgan fingerprint density at radius 1 is 1.33 bits per heavy atom. The molecule has 0 aromatic rings. The monoisotopic (exact) mass is 167 g/mol. The van der Waals surface area contributed by atoms with Crippen molar-refractivity contribution in [3.8, 4) is 0 Å². The average molecular weight is 167 g/mol. The van der Waals surface area contributed by atoms with Gasteiger partial charge in [0.05, 0.1) is 0 Å². The summed E-state index contributed by atoms with van der Waals surface area (Å²) >= 11 is 0. The second-order valence-electron chi connectivity index (χ2n) is 2.19. The lowest BCUT2D eigenvalue weighted by molar-refractivity contribution is -0.131. The third kappa shape index (κ3) is 5.29. The number of nitrogens with zero attached hydrogens (tertiary/aromatic N) is 1. The predicted molar refractivity (Wildman–Crippen MR) is 48.7 cm³/mol. The Hall–Kier alpha value is -1.51. The Labute approximate surface area is 72.3 Å². The first-order valence-corrected chi connectivity index (χ1v) is 3.57. The molecular formula is C9H13NO2. The first kappa shape index (κ1) is 10.5. The first-order valence-electron chi connectivity index (χ1n) is 3.57. The molecule has 1 N–H and O–H groups in total. The Morgan fingerprint density at radius 2 is 1.83 bits per heavy atom.